The van der Waals surface area contributed by atoms with Crippen LogP contribution in [0, 0.1) is 0 Å². The van der Waals surface area contributed by atoms with Gasteiger partial charge in [0.05, 0.1) is 5.69 Å². The average molecular weight is 346 g/mol. The third-order valence-electron chi connectivity index (χ3n) is 3.93. The van der Waals surface area contributed by atoms with E-state index in [0.29, 0.717) is 0 Å². The van der Waals surface area contributed by atoms with E-state index in [4.69, 9.17) is 5.73 Å². The molecule has 1 saturated heterocycles. The summed E-state index contributed by atoms with van der Waals surface area (Å²) in [5.41, 5.74) is 9.24. The van der Waals surface area contributed by atoms with Gasteiger partial charge >= 0.3 is 0 Å². The number of nitrogen functional groups attached to an aromatic ring is 1. The Morgan fingerprint density at radius 2 is 1.67 bits per heavy atom. The van der Waals surface area contributed by atoms with Gasteiger partial charge in [-0.25, -0.2) is 0 Å². The Bertz CT molecular complexity index is 592. The summed E-state index contributed by atoms with van der Waals surface area (Å²) in [4.78, 5) is 4.93. The number of rotatable bonds is 3. The molecule has 2 aromatic rings. The van der Waals surface area contributed by atoms with E-state index >= 15 is 0 Å². The summed E-state index contributed by atoms with van der Waals surface area (Å²) in [5, 5.41) is 0. The second-order valence-electron chi connectivity index (χ2n) is 5.46. The third kappa shape index (κ3) is 3.57. The zero-order valence-corrected chi connectivity index (χ0v) is 13.6. The highest BCUT2D eigenvalue weighted by molar-refractivity contribution is 9.10. The van der Waals surface area contributed by atoms with Crippen LogP contribution in [0.4, 0.5) is 11.4 Å². The maximum atomic E-state index is 5.81. The summed E-state index contributed by atoms with van der Waals surface area (Å²) < 4.78 is 1.08. The van der Waals surface area contributed by atoms with Crippen LogP contribution in [0.3, 0.4) is 0 Å². The Kier molecular flexibility index (Phi) is 4.46. The summed E-state index contributed by atoms with van der Waals surface area (Å²) in [7, 11) is 0. The van der Waals surface area contributed by atoms with Crippen LogP contribution in [-0.2, 0) is 6.54 Å². The van der Waals surface area contributed by atoms with E-state index in [9.17, 15) is 0 Å². The minimum absolute atomic E-state index is 0.799. The lowest BCUT2D eigenvalue weighted by atomic mass is 10.2. The highest BCUT2D eigenvalue weighted by atomic mass is 79.9. The van der Waals surface area contributed by atoms with Crippen LogP contribution in [0.15, 0.2) is 53.0 Å². The molecule has 0 atom stereocenters. The molecule has 0 spiro atoms. The fraction of sp³-hybridized carbons (Fsp3) is 0.294. The fourth-order valence-corrected chi connectivity index (χ4v) is 3.42. The van der Waals surface area contributed by atoms with Gasteiger partial charge in [-0.05, 0) is 39.7 Å². The molecule has 0 unspecified atom stereocenters. The fourth-order valence-electron chi connectivity index (χ4n) is 2.77. The van der Waals surface area contributed by atoms with Crippen LogP contribution in [-0.4, -0.2) is 31.1 Å². The molecular formula is C17H20BrN3. The number of hydrogen-bond donors (Lipinski definition) is 1. The van der Waals surface area contributed by atoms with Crippen LogP contribution in [0.2, 0.25) is 0 Å². The summed E-state index contributed by atoms with van der Waals surface area (Å²) in [5.74, 6) is 0. The van der Waals surface area contributed by atoms with Crippen LogP contribution in [0.5, 0.6) is 0 Å². The molecule has 0 radical (unpaired) electrons. The van der Waals surface area contributed by atoms with Crippen molar-refractivity contribution in [3.63, 3.8) is 0 Å². The first-order valence-electron chi connectivity index (χ1n) is 7.28. The summed E-state index contributed by atoms with van der Waals surface area (Å²) >= 11 is 3.62. The standard InChI is InChI=1S/C17H20BrN3/c18-16-12-15(19)6-7-17(16)21-10-8-20(9-11-21)13-14-4-2-1-3-5-14/h1-7,12H,8-11,13,19H2. The molecular weight excluding hydrogens is 326 g/mol. The van der Waals surface area contributed by atoms with Crippen molar-refractivity contribution in [2.24, 2.45) is 0 Å². The Hall–Kier alpha value is -1.52. The second kappa shape index (κ2) is 6.50. The molecule has 1 fully saturated rings. The number of nitrogens with two attached hydrogens (primary N) is 1. The molecule has 2 N–H and O–H groups in total. The molecule has 4 heteroatoms. The molecule has 1 aliphatic rings. The van der Waals surface area contributed by atoms with Crippen molar-refractivity contribution in [1.29, 1.82) is 0 Å². The van der Waals surface area contributed by atoms with Gasteiger partial charge in [0.25, 0.3) is 0 Å². The van der Waals surface area contributed by atoms with E-state index in [1.54, 1.807) is 0 Å². The third-order valence-corrected chi connectivity index (χ3v) is 4.57. The highest BCUT2D eigenvalue weighted by Gasteiger charge is 2.18. The highest BCUT2D eigenvalue weighted by Crippen LogP contribution is 2.29. The monoisotopic (exact) mass is 345 g/mol. The molecule has 1 aliphatic heterocycles. The van der Waals surface area contributed by atoms with E-state index in [1.807, 2.05) is 12.1 Å². The van der Waals surface area contributed by atoms with Gasteiger partial charge in [-0.15, -0.1) is 0 Å². The van der Waals surface area contributed by atoms with E-state index < -0.39 is 0 Å². The normalized spacial score (nSPS) is 16.1. The average Bonchev–Trinajstić information content (AvgIpc) is 2.49. The maximum absolute atomic E-state index is 5.81. The van der Waals surface area contributed by atoms with Crippen molar-refractivity contribution in [2.45, 2.75) is 6.54 Å². The van der Waals surface area contributed by atoms with Crippen LogP contribution in [0.25, 0.3) is 0 Å². The number of hydrogen-bond acceptors (Lipinski definition) is 3. The zero-order chi connectivity index (χ0) is 14.7. The van der Waals surface area contributed by atoms with Crippen LogP contribution < -0.4 is 10.6 Å². The maximum Gasteiger partial charge on any atom is 0.0513 e. The van der Waals surface area contributed by atoms with E-state index in [1.165, 1.54) is 11.3 Å². The van der Waals surface area contributed by atoms with Gasteiger partial charge < -0.3 is 10.6 Å². The number of nitrogens with zero attached hydrogens (tertiary/aromatic N) is 2. The van der Waals surface area contributed by atoms with Crippen LogP contribution in [0.1, 0.15) is 5.56 Å². The molecule has 3 nitrogen and oxygen atoms in total. The van der Waals surface area contributed by atoms with E-state index in [2.05, 4.69) is 62.1 Å². The predicted molar refractivity (Wildman–Crippen MR) is 92.5 cm³/mol. The van der Waals surface area contributed by atoms with Gasteiger partial charge in [-0.1, -0.05) is 30.3 Å². The molecule has 2 aromatic carbocycles. The first-order valence-corrected chi connectivity index (χ1v) is 8.08. The topological polar surface area (TPSA) is 32.5 Å². The molecule has 0 saturated carbocycles. The lowest BCUT2D eigenvalue weighted by Crippen LogP contribution is -2.46. The zero-order valence-electron chi connectivity index (χ0n) is 12.0. The van der Waals surface area contributed by atoms with E-state index in [-0.39, 0.29) is 0 Å². The van der Waals surface area contributed by atoms with Gasteiger partial charge in [0, 0.05) is 42.9 Å². The SMILES string of the molecule is Nc1ccc(N2CCN(Cc3ccccc3)CC2)c(Br)c1. The van der Waals surface area contributed by atoms with Crippen molar-refractivity contribution < 1.29 is 0 Å². The quantitative estimate of drug-likeness (QED) is 0.865. The van der Waals surface area contributed by atoms with Crippen molar-refractivity contribution in [3.8, 4) is 0 Å². The molecule has 1 heterocycles. The van der Waals surface area contributed by atoms with Gasteiger partial charge in [0.15, 0.2) is 0 Å². The lowest BCUT2D eigenvalue weighted by Gasteiger charge is -2.36. The van der Waals surface area contributed by atoms with Gasteiger partial charge in [-0.2, -0.15) is 0 Å². The molecule has 0 aromatic heterocycles. The minimum Gasteiger partial charge on any atom is -0.399 e. The van der Waals surface area contributed by atoms with Crippen molar-refractivity contribution in [3.05, 3.63) is 58.6 Å². The Balaban J connectivity index is 1.60. The number of piperazine rings is 1. The van der Waals surface area contributed by atoms with E-state index in [0.717, 1.165) is 42.9 Å². The Morgan fingerprint density at radius 1 is 0.952 bits per heavy atom. The van der Waals surface area contributed by atoms with Crippen molar-refractivity contribution >= 4 is 27.3 Å². The Labute approximate surface area is 134 Å². The van der Waals surface area contributed by atoms with Crippen molar-refractivity contribution in [1.82, 2.24) is 4.90 Å². The van der Waals surface area contributed by atoms with Gasteiger partial charge in [-0.3, -0.25) is 4.90 Å². The summed E-state index contributed by atoms with van der Waals surface area (Å²) in [6, 6.07) is 16.7. The summed E-state index contributed by atoms with van der Waals surface area (Å²) in [6.07, 6.45) is 0. The molecule has 0 amide bonds. The largest absolute Gasteiger partial charge is 0.399 e. The Morgan fingerprint density at radius 3 is 2.33 bits per heavy atom. The first-order chi connectivity index (χ1) is 10.2. The summed E-state index contributed by atoms with van der Waals surface area (Å²) in [6.45, 7) is 5.32. The second-order valence-corrected chi connectivity index (χ2v) is 6.31. The first kappa shape index (κ1) is 14.4. The van der Waals surface area contributed by atoms with Crippen molar-refractivity contribution in [2.75, 3.05) is 36.8 Å². The predicted octanol–water partition coefficient (Wildman–Crippen LogP) is 3.35. The molecule has 0 bridgehead atoms. The van der Waals surface area contributed by atoms with Gasteiger partial charge in [0.2, 0.25) is 0 Å². The molecule has 21 heavy (non-hydrogen) atoms. The number of benzene rings is 2. The number of halogens is 1. The van der Waals surface area contributed by atoms with Gasteiger partial charge in [0.1, 0.15) is 0 Å². The molecule has 3 rings (SSSR count). The minimum atomic E-state index is 0.799. The number of anilines is 2. The van der Waals surface area contributed by atoms with Crippen LogP contribution >= 0.6 is 15.9 Å². The molecule has 110 valence electrons. The lowest BCUT2D eigenvalue weighted by molar-refractivity contribution is 0.250. The smallest absolute Gasteiger partial charge is 0.0513 e. The molecule has 0 aliphatic carbocycles.